The number of nitro groups is 1. The highest BCUT2D eigenvalue weighted by atomic mass is 16.6. The van der Waals surface area contributed by atoms with E-state index in [1.165, 1.54) is 6.07 Å². The minimum atomic E-state index is -0.503. The van der Waals surface area contributed by atoms with E-state index >= 15 is 0 Å². The number of nitrogens with one attached hydrogen (secondary N) is 1. The lowest BCUT2D eigenvalue weighted by atomic mass is 10.1. The maximum atomic E-state index is 11.8. The first-order chi connectivity index (χ1) is 8.45. The van der Waals surface area contributed by atoms with E-state index in [-0.39, 0.29) is 23.2 Å². The second kappa shape index (κ2) is 5.82. The van der Waals surface area contributed by atoms with E-state index < -0.39 is 4.92 Å². The second-order valence-corrected chi connectivity index (χ2v) is 4.04. The van der Waals surface area contributed by atoms with Crippen molar-refractivity contribution in [3.05, 3.63) is 39.4 Å². The van der Waals surface area contributed by atoms with Crippen LogP contribution in [-0.2, 0) is 0 Å². The largest absolute Gasteiger partial charge is 0.349 e. The highest BCUT2D eigenvalue weighted by molar-refractivity contribution is 5.95. The van der Waals surface area contributed by atoms with Crippen LogP contribution in [0.4, 0.5) is 5.69 Å². The molecule has 0 radical (unpaired) electrons. The molecule has 0 aliphatic carbocycles. The van der Waals surface area contributed by atoms with Gasteiger partial charge in [-0.2, -0.15) is 0 Å². The van der Waals surface area contributed by atoms with Gasteiger partial charge < -0.3 is 5.32 Å². The lowest BCUT2D eigenvalue weighted by Gasteiger charge is -2.11. The normalized spacial score (nSPS) is 11.4. The summed E-state index contributed by atoms with van der Waals surface area (Å²) in [5, 5.41) is 13.4. The molecule has 0 heterocycles. The number of nitrogens with zero attached hydrogens (tertiary/aromatic N) is 1. The van der Waals surface area contributed by atoms with Gasteiger partial charge in [0.2, 0.25) is 0 Å². The fraction of sp³-hybridized carbons (Fsp3) is 0.308. The Morgan fingerprint density at radius 2 is 2.28 bits per heavy atom. The SMILES string of the molecule is C#CCC(C)NC(=O)c1ccc(C)c([N+](=O)[O-])c1. The zero-order valence-electron chi connectivity index (χ0n) is 10.3. The Kier molecular flexibility index (Phi) is 4.44. The molecule has 1 aromatic rings. The van der Waals surface area contributed by atoms with Gasteiger partial charge in [0.1, 0.15) is 0 Å². The summed E-state index contributed by atoms with van der Waals surface area (Å²) in [5.41, 5.74) is 0.719. The van der Waals surface area contributed by atoms with Crippen LogP contribution >= 0.6 is 0 Å². The molecule has 94 valence electrons. The van der Waals surface area contributed by atoms with Crippen LogP contribution in [0.15, 0.2) is 18.2 Å². The van der Waals surface area contributed by atoms with Crippen LogP contribution in [0.3, 0.4) is 0 Å². The van der Waals surface area contributed by atoms with Crippen molar-refractivity contribution in [2.75, 3.05) is 0 Å². The lowest BCUT2D eigenvalue weighted by Crippen LogP contribution is -2.32. The molecule has 0 fully saturated rings. The highest BCUT2D eigenvalue weighted by Gasteiger charge is 2.15. The van der Waals surface area contributed by atoms with Crippen LogP contribution in [0.25, 0.3) is 0 Å². The molecule has 1 aromatic carbocycles. The second-order valence-electron chi connectivity index (χ2n) is 4.04. The Morgan fingerprint density at radius 1 is 1.61 bits per heavy atom. The first-order valence-electron chi connectivity index (χ1n) is 5.45. The molecule has 0 saturated carbocycles. The van der Waals surface area contributed by atoms with E-state index in [0.29, 0.717) is 12.0 Å². The highest BCUT2D eigenvalue weighted by Crippen LogP contribution is 2.19. The first-order valence-corrected chi connectivity index (χ1v) is 5.45. The van der Waals surface area contributed by atoms with Crippen molar-refractivity contribution in [3.8, 4) is 12.3 Å². The molecule has 1 rings (SSSR count). The fourth-order valence-corrected chi connectivity index (χ4v) is 1.48. The predicted octanol–water partition coefficient (Wildman–Crippen LogP) is 2.04. The van der Waals surface area contributed by atoms with Crippen LogP contribution in [0.5, 0.6) is 0 Å². The maximum Gasteiger partial charge on any atom is 0.273 e. The number of rotatable bonds is 4. The molecular weight excluding hydrogens is 232 g/mol. The molecule has 18 heavy (non-hydrogen) atoms. The number of nitro benzene ring substituents is 1. The average Bonchev–Trinajstić information content (AvgIpc) is 2.29. The minimum absolute atomic E-state index is 0.0627. The Balaban J connectivity index is 2.91. The third-order valence-electron chi connectivity index (χ3n) is 2.47. The fourth-order valence-electron chi connectivity index (χ4n) is 1.48. The molecule has 5 nitrogen and oxygen atoms in total. The van der Waals surface area contributed by atoms with Gasteiger partial charge in [-0.25, -0.2) is 0 Å². The number of aryl methyl sites for hydroxylation is 1. The molecule has 0 bridgehead atoms. The third-order valence-corrected chi connectivity index (χ3v) is 2.47. The smallest absolute Gasteiger partial charge is 0.273 e. The van der Waals surface area contributed by atoms with Crippen molar-refractivity contribution in [2.45, 2.75) is 26.3 Å². The number of benzene rings is 1. The number of hydrogen-bond donors (Lipinski definition) is 1. The van der Waals surface area contributed by atoms with Gasteiger partial charge in [0, 0.05) is 29.7 Å². The summed E-state index contributed by atoms with van der Waals surface area (Å²) in [6.45, 7) is 3.40. The Hall–Kier alpha value is -2.35. The minimum Gasteiger partial charge on any atom is -0.349 e. The van der Waals surface area contributed by atoms with Crippen molar-refractivity contribution in [1.29, 1.82) is 0 Å². The van der Waals surface area contributed by atoms with Gasteiger partial charge in [0.15, 0.2) is 0 Å². The molecule has 0 aromatic heterocycles. The van der Waals surface area contributed by atoms with Gasteiger partial charge in [-0.05, 0) is 19.9 Å². The molecule has 1 N–H and O–H groups in total. The zero-order valence-corrected chi connectivity index (χ0v) is 10.3. The van der Waals surface area contributed by atoms with E-state index in [1.807, 2.05) is 0 Å². The van der Waals surface area contributed by atoms with Crippen molar-refractivity contribution < 1.29 is 9.72 Å². The Morgan fingerprint density at radius 3 is 2.83 bits per heavy atom. The molecule has 1 amide bonds. The van der Waals surface area contributed by atoms with Crippen LogP contribution in [0.1, 0.15) is 29.3 Å². The molecule has 0 saturated heterocycles. The standard InChI is InChI=1S/C13H14N2O3/c1-4-5-10(3)14-13(16)11-7-6-9(2)12(8-11)15(17)18/h1,6-8,10H,5H2,2-3H3,(H,14,16). The van der Waals surface area contributed by atoms with Crippen molar-refractivity contribution in [1.82, 2.24) is 5.32 Å². The number of carbonyl (C=O) groups is 1. The van der Waals surface area contributed by atoms with Gasteiger partial charge in [0.05, 0.1) is 4.92 Å². The van der Waals surface area contributed by atoms with Crippen LogP contribution in [0, 0.1) is 29.4 Å². The van der Waals surface area contributed by atoms with Crippen LogP contribution in [0.2, 0.25) is 0 Å². The first kappa shape index (κ1) is 13.7. The number of carbonyl (C=O) groups excluding carboxylic acids is 1. The predicted molar refractivity (Wildman–Crippen MR) is 68.2 cm³/mol. The summed E-state index contributed by atoms with van der Waals surface area (Å²) >= 11 is 0. The molecule has 1 unspecified atom stereocenters. The molecule has 0 aliphatic rings. The van der Waals surface area contributed by atoms with Gasteiger partial charge >= 0.3 is 0 Å². The molecule has 0 aliphatic heterocycles. The van der Waals surface area contributed by atoms with Gasteiger partial charge in [-0.15, -0.1) is 12.3 Å². The topological polar surface area (TPSA) is 72.2 Å². The number of hydrogen-bond acceptors (Lipinski definition) is 3. The summed E-state index contributed by atoms with van der Waals surface area (Å²) < 4.78 is 0. The average molecular weight is 246 g/mol. The summed E-state index contributed by atoms with van der Waals surface area (Å²) in [6.07, 6.45) is 5.55. The molecule has 5 heteroatoms. The van der Waals surface area contributed by atoms with Crippen molar-refractivity contribution >= 4 is 11.6 Å². The van der Waals surface area contributed by atoms with Crippen LogP contribution < -0.4 is 5.32 Å². The third kappa shape index (κ3) is 3.32. The Labute approximate surface area is 105 Å². The van der Waals surface area contributed by atoms with E-state index in [4.69, 9.17) is 6.42 Å². The van der Waals surface area contributed by atoms with E-state index in [9.17, 15) is 14.9 Å². The number of amides is 1. The molecule has 0 spiro atoms. The van der Waals surface area contributed by atoms with Gasteiger partial charge in [-0.3, -0.25) is 14.9 Å². The van der Waals surface area contributed by atoms with Gasteiger partial charge in [-0.1, -0.05) is 6.07 Å². The molecular formula is C13H14N2O3. The van der Waals surface area contributed by atoms with Gasteiger partial charge in [0.25, 0.3) is 11.6 Å². The van der Waals surface area contributed by atoms with Crippen molar-refractivity contribution in [3.63, 3.8) is 0 Å². The van der Waals surface area contributed by atoms with Crippen LogP contribution in [-0.4, -0.2) is 16.9 Å². The van der Waals surface area contributed by atoms with E-state index in [1.54, 1.807) is 26.0 Å². The van der Waals surface area contributed by atoms with E-state index in [0.717, 1.165) is 0 Å². The lowest BCUT2D eigenvalue weighted by molar-refractivity contribution is -0.385. The maximum absolute atomic E-state index is 11.8. The molecule has 1 atom stereocenters. The summed E-state index contributed by atoms with van der Waals surface area (Å²) in [4.78, 5) is 22.1. The van der Waals surface area contributed by atoms with Crippen molar-refractivity contribution in [2.24, 2.45) is 0 Å². The zero-order chi connectivity index (χ0) is 13.7. The van der Waals surface area contributed by atoms with E-state index in [2.05, 4.69) is 11.2 Å². The summed E-state index contributed by atoms with van der Waals surface area (Å²) in [5.74, 6) is 2.08. The quantitative estimate of drug-likeness (QED) is 0.502. The summed E-state index contributed by atoms with van der Waals surface area (Å²) in [6, 6.07) is 4.22. The Bertz CT molecular complexity index is 517. The number of terminal acetylenes is 1. The summed E-state index contributed by atoms with van der Waals surface area (Å²) in [7, 11) is 0. The monoisotopic (exact) mass is 246 g/mol.